The number of pyridine rings is 2. The monoisotopic (exact) mass is 363 g/mol. The number of carbonyl (C=O) groups is 1. The van der Waals surface area contributed by atoms with E-state index in [2.05, 4.69) is 19.5 Å². The Labute approximate surface area is 157 Å². The van der Waals surface area contributed by atoms with Gasteiger partial charge in [0.1, 0.15) is 5.52 Å². The van der Waals surface area contributed by atoms with Crippen LogP contribution in [0, 0.1) is 0 Å². The minimum absolute atomic E-state index is 0.000445. The molecule has 0 aliphatic carbocycles. The van der Waals surface area contributed by atoms with Gasteiger partial charge in [0.05, 0.1) is 11.9 Å². The fraction of sp³-hybridized carbons (Fsp3) is 0.400. The van der Waals surface area contributed by atoms with Gasteiger partial charge in [0.25, 0.3) is 5.91 Å². The molecule has 0 aromatic carbocycles. The molecule has 1 fully saturated rings. The molecular weight excluding hydrogens is 342 g/mol. The van der Waals surface area contributed by atoms with E-state index in [-0.39, 0.29) is 5.91 Å². The number of hydrogen-bond acceptors (Lipinski definition) is 5. The molecule has 27 heavy (non-hydrogen) atoms. The van der Waals surface area contributed by atoms with E-state index in [0.717, 1.165) is 54.9 Å². The van der Waals surface area contributed by atoms with Gasteiger partial charge in [0.2, 0.25) is 0 Å². The molecule has 0 unspecified atom stereocenters. The average Bonchev–Trinajstić information content (AvgIpc) is 3.17. The Morgan fingerprint density at radius 1 is 1.19 bits per heavy atom. The summed E-state index contributed by atoms with van der Waals surface area (Å²) in [7, 11) is 0. The maximum Gasteiger partial charge on any atom is 0.255 e. The first-order chi connectivity index (χ1) is 13.3. The largest absolute Gasteiger partial charge is 0.381 e. The number of hydrogen-bond donors (Lipinski definition) is 0. The molecule has 3 aromatic heterocycles. The molecule has 5 rings (SSSR count). The van der Waals surface area contributed by atoms with Gasteiger partial charge in [-0.2, -0.15) is 0 Å². The first-order valence-electron chi connectivity index (χ1n) is 9.42. The summed E-state index contributed by atoms with van der Waals surface area (Å²) in [4.78, 5) is 28.3. The standard InChI is InChI=1S/C20H21N5O2/c26-20(24-7-3-17-14(12-24)2-1-6-21-17)15-10-18-19(22-11-15)25(13-23-18)16-4-8-27-9-5-16/h1-2,6,10-11,13,16H,3-5,7-9,12H2. The summed E-state index contributed by atoms with van der Waals surface area (Å²) in [5.74, 6) is -0.000445. The van der Waals surface area contributed by atoms with Gasteiger partial charge in [-0.25, -0.2) is 9.97 Å². The Morgan fingerprint density at radius 3 is 2.96 bits per heavy atom. The molecule has 2 aliphatic heterocycles. The highest BCUT2D eigenvalue weighted by molar-refractivity contribution is 5.96. The van der Waals surface area contributed by atoms with Crippen LogP contribution in [0.15, 0.2) is 36.9 Å². The van der Waals surface area contributed by atoms with Crippen LogP contribution in [0.3, 0.4) is 0 Å². The van der Waals surface area contributed by atoms with Crippen molar-refractivity contribution in [2.45, 2.75) is 31.8 Å². The van der Waals surface area contributed by atoms with Crippen LogP contribution in [0.5, 0.6) is 0 Å². The second kappa shape index (κ2) is 6.74. The lowest BCUT2D eigenvalue weighted by Gasteiger charge is -2.28. The van der Waals surface area contributed by atoms with Crippen LogP contribution in [0.2, 0.25) is 0 Å². The predicted molar refractivity (Wildman–Crippen MR) is 99.3 cm³/mol. The molecule has 0 atom stereocenters. The minimum Gasteiger partial charge on any atom is -0.381 e. The third-order valence-corrected chi connectivity index (χ3v) is 5.50. The van der Waals surface area contributed by atoms with Gasteiger partial charge in [-0.15, -0.1) is 0 Å². The molecule has 1 amide bonds. The van der Waals surface area contributed by atoms with E-state index in [1.807, 2.05) is 35.6 Å². The number of ether oxygens (including phenoxy) is 1. The first-order valence-corrected chi connectivity index (χ1v) is 9.42. The van der Waals surface area contributed by atoms with Crippen LogP contribution in [-0.2, 0) is 17.7 Å². The van der Waals surface area contributed by atoms with Crippen molar-refractivity contribution in [2.24, 2.45) is 0 Å². The van der Waals surface area contributed by atoms with E-state index in [4.69, 9.17) is 4.74 Å². The Morgan fingerprint density at radius 2 is 2.07 bits per heavy atom. The van der Waals surface area contributed by atoms with Gasteiger partial charge in [0, 0.05) is 56.9 Å². The number of nitrogens with zero attached hydrogens (tertiary/aromatic N) is 5. The zero-order chi connectivity index (χ0) is 18.2. The molecule has 0 N–H and O–H groups in total. The van der Waals surface area contributed by atoms with Crippen LogP contribution in [0.4, 0.5) is 0 Å². The maximum absolute atomic E-state index is 13.0. The summed E-state index contributed by atoms with van der Waals surface area (Å²) in [6.45, 7) is 2.81. The molecule has 7 nitrogen and oxygen atoms in total. The third-order valence-electron chi connectivity index (χ3n) is 5.50. The molecule has 0 bridgehead atoms. The lowest BCUT2D eigenvalue weighted by molar-refractivity contribution is 0.0704. The molecule has 0 saturated carbocycles. The molecule has 2 aliphatic rings. The number of rotatable bonds is 2. The fourth-order valence-electron chi connectivity index (χ4n) is 3.99. The smallest absolute Gasteiger partial charge is 0.255 e. The number of amides is 1. The summed E-state index contributed by atoms with van der Waals surface area (Å²) < 4.78 is 7.56. The summed E-state index contributed by atoms with van der Waals surface area (Å²) >= 11 is 0. The van der Waals surface area contributed by atoms with Crippen LogP contribution < -0.4 is 0 Å². The van der Waals surface area contributed by atoms with Crippen LogP contribution in [0.25, 0.3) is 11.2 Å². The second-order valence-electron chi connectivity index (χ2n) is 7.15. The Balaban J connectivity index is 1.40. The topological polar surface area (TPSA) is 73.1 Å². The van der Waals surface area contributed by atoms with Crippen molar-refractivity contribution >= 4 is 17.1 Å². The second-order valence-corrected chi connectivity index (χ2v) is 7.15. The predicted octanol–water partition coefficient (Wildman–Crippen LogP) is 2.38. The SMILES string of the molecule is O=C(c1cnc2c(c1)ncn2C1CCOCC1)N1CCc2ncccc2C1. The molecule has 0 radical (unpaired) electrons. The van der Waals surface area contributed by atoms with Gasteiger partial charge in [-0.1, -0.05) is 6.07 Å². The highest BCUT2D eigenvalue weighted by Gasteiger charge is 2.24. The van der Waals surface area contributed by atoms with E-state index in [1.165, 1.54) is 0 Å². The summed E-state index contributed by atoms with van der Waals surface area (Å²) in [5, 5.41) is 0. The molecule has 1 saturated heterocycles. The summed E-state index contributed by atoms with van der Waals surface area (Å²) in [5.41, 5.74) is 4.41. The summed E-state index contributed by atoms with van der Waals surface area (Å²) in [6, 6.07) is 6.19. The van der Waals surface area contributed by atoms with E-state index in [9.17, 15) is 4.79 Å². The maximum atomic E-state index is 13.0. The van der Waals surface area contributed by atoms with Gasteiger partial charge < -0.3 is 14.2 Å². The quantitative estimate of drug-likeness (QED) is 0.699. The molecule has 3 aromatic rings. The van der Waals surface area contributed by atoms with Crippen molar-refractivity contribution < 1.29 is 9.53 Å². The number of imidazole rings is 1. The molecule has 7 heteroatoms. The zero-order valence-corrected chi connectivity index (χ0v) is 15.0. The van der Waals surface area contributed by atoms with Crippen molar-refractivity contribution in [3.63, 3.8) is 0 Å². The number of aromatic nitrogens is 4. The van der Waals surface area contributed by atoms with Crippen LogP contribution in [0.1, 0.15) is 40.5 Å². The summed E-state index contributed by atoms with van der Waals surface area (Å²) in [6.07, 6.45) is 8.05. The average molecular weight is 363 g/mol. The van der Waals surface area contributed by atoms with Gasteiger partial charge >= 0.3 is 0 Å². The number of carbonyl (C=O) groups excluding carboxylic acids is 1. The van der Waals surface area contributed by atoms with E-state index < -0.39 is 0 Å². The lowest BCUT2D eigenvalue weighted by Crippen LogP contribution is -2.36. The van der Waals surface area contributed by atoms with E-state index in [1.54, 1.807) is 6.20 Å². The Hall–Kier alpha value is -2.80. The van der Waals surface area contributed by atoms with Crippen molar-refractivity contribution in [3.05, 3.63) is 53.7 Å². The minimum atomic E-state index is -0.000445. The highest BCUT2D eigenvalue weighted by atomic mass is 16.5. The first kappa shape index (κ1) is 16.4. The van der Waals surface area contributed by atoms with Crippen LogP contribution in [-0.4, -0.2) is 50.1 Å². The molecule has 138 valence electrons. The highest BCUT2D eigenvalue weighted by Crippen LogP contribution is 2.25. The zero-order valence-electron chi connectivity index (χ0n) is 15.0. The van der Waals surface area contributed by atoms with Crippen molar-refractivity contribution in [1.82, 2.24) is 24.4 Å². The van der Waals surface area contributed by atoms with Crippen LogP contribution >= 0.6 is 0 Å². The van der Waals surface area contributed by atoms with Crippen molar-refractivity contribution in [2.75, 3.05) is 19.8 Å². The van der Waals surface area contributed by atoms with Gasteiger partial charge in [0.15, 0.2) is 5.65 Å². The molecule has 5 heterocycles. The van der Waals surface area contributed by atoms with Crippen molar-refractivity contribution in [1.29, 1.82) is 0 Å². The van der Waals surface area contributed by atoms with E-state index in [0.29, 0.717) is 24.7 Å². The van der Waals surface area contributed by atoms with Gasteiger partial charge in [-0.3, -0.25) is 9.78 Å². The fourth-order valence-corrected chi connectivity index (χ4v) is 3.99. The molecule has 0 spiro atoms. The third kappa shape index (κ3) is 2.98. The Bertz CT molecular complexity index is 993. The normalized spacial score (nSPS) is 17.9. The number of fused-ring (bicyclic) bond motifs is 2. The van der Waals surface area contributed by atoms with Gasteiger partial charge in [-0.05, 0) is 30.5 Å². The van der Waals surface area contributed by atoms with E-state index >= 15 is 0 Å². The van der Waals surface area contributed by atoms with Crippen molar-refractivity contribution in [3.8, 4) is 0 Å². The lowest BCUT2D eigenvalue weighted by atomic mass is 10.0. The Kier molecular flexibility index (Phi) is 4.09. The molecular formula is C20H21N5O2.